The minimum absolute atomic E-state index is 0.270. The Bertz CT molecular complexity index is 865. The van der Waals surface area contributed by atoms with Crippen LogP contribution >= 0.6 is 0 Å². The molecular weight excluding hydrogens is 394 g/mol. The van der Waals surface area contributed by atoms with Gasteiger partial charge in [-0.1, -0.05) is 109 Å². The highest BCUT2D eigenvalue weighted by Gasteiger charge is 2.27. The van der Waals surface area contributed by atoms with Crippen molar-refractivity contribution < 1.29 is 9.59 Å². The molecule has 0 saturated heterocycles. The van der Waals surface area contributed by atoms with E-state index in [-0.39, 0.29) is 11.8 Å². The highest BCUT2D eigenvalue weighted by Crippen LogP contribution is 2.37. The molecule has 3 nitrogen and oxygen atoms in total. The molecule has 3 heteroatoms. The van der Waals surface area contributed by atoms with Gasteiger partial charge in [0.1, 0.15) is 0 Å². The minimum Gasteiger partial charge on any atom is -0.288 e. The normalized spacial score (nSPS) is 13.2. The van der Waals surface area contributed by atoms with Gasteiger partial charge in [-0.2, -0.15) is 0 Å². The van der Waals surface area contributed by atoms with E-state index in [1.54, 1.807) is 0 Å². The van der Waals surface area contributed by atoms with Crippen LogP contribution in [0.1, 0.15) is 136 Å². The Hall–Kier alpha value is -2.16. The summed E-state index contributed by atoms with van der Waals surface area (Å²) in [6.07, 6.45) is 18.1. The molecule has 0 aromatic heterocycles. The molecule has 0 unspecified atom stereocenters. The van der Waals surface area contributed by atoms with E-state index in [2.05, 4.69) is 31.3 Å². The van der Waals surface area contributed by atoms with Crippen LogP contribution in [0.15, 0.2) is 30.3 Å². The predicted octanol–water partition coefficient (Wildman–Crippen LogP) is 8.31. The van der Waals surface area contributed by atoms with Crippen LogP contribution in [0.2, 0.25) is 0 Å². The van der Waals surface area contributed by atoms with Crippen LogP contribution in [-0.4, -0.2) is 11.8 Å². The average molecular weight is 436 g/mol. The zero-order valence-electron chi connectivity index (χ0n) is 20.2. The van der Waals surface area contributed by atoms with Crippen LogP contribution in [0.5, 0.6) is 0 Å². The smallest absolute Gasteiger partial charge is 0.258 e. The van der Waals surface area contributed by atoms with Crippen molar-refractivity contribution in [1.82, 2.24) is 5.32 Å². The Morgan fingerprint density at radius 3 is 1.78 bits per heavy atom. The van der Waals surface area contributed by atoms with Crippen LogP contribution in [0.25, 0.3) is 10.8 Å². The van der Waals surface area contributed by atoms with Crippen molar-refractivity contribution in [3.05, 3.63) is 47.0 Å². The van der Waals surface area contributed by atoms with Crippen LogP contribution < -0.4 is 5.32 Å². The third-order valence-corrected chi connectivity index (χ3v) is 7.04. The Morgan fingerprint density at radius 1 is 0.656 bits per heavy atom. The Kier molecular flexibility index (Phi) is 9.77. The van der Waals surface area contributed by atoms with Crippen molar-refractivity contribution >= 4 is 22.6 Å². The van der Waals surface area contributed by atoms with Crippen molar-refractivity contribution in [2.75, 3.05) is 0 Å². The van der Waals surface area contributed by atoms with Crippen molar-refractivity contribution in [2.24, 2.45) is 0 Å². The van der Waals surface area contributed by atoms with Crippen LogP contribution in [-0.2, 0) is 0 Å². The highest BCUT2D eigenvalue weighted by atomic mass is 16.2. The van der Waals surface area contributed by atoms with Crippen molar-refractivity contribution in [3.63, 3.8) is 0 Å². The quantitative estimate of drug-likeness (QED) is 0.226. The molecule has 1 heterocycles. The third-order valence-electron chi connectivity index (χ3n) is 7.04. The van der Waals surface area contributed by atoms with Crippen molar-refractivity contribution in [2.45, 2.75) is 110 Å². The lowest BCUT2D eigenvalue weighted by Gasteiger charge is -2.23. The Balaban J connectivity index is 1.78. The van der Waals surface area contributed by atoms with Gasteiger partial charge in [-0.3, -0.25) is 14.9 Å². The van der Waals surface area contributed by atoms with Gasteiger partial charge < -0.3 is 0 Å². The maximum absolute atomic E-state index is 12.4. The average Bonchev–Trinajstić information content (AvgIpc) is 2.80. The molecule has 32 heavy (non-hydrogen) atoms. The summed E-state index contributed by atoms with van der Waals surface area (Å²) in [5, 5.41) is 4.44. The number of hydrogen-bond donors (Lipinski definition) is 1. The van der Waals surface area contributed by atoms with Crippen LogP contribution in [0.3, 0.4) is 0 Å². The zero-order valence-corrected chi connectivity index (χ0v) is 20.2. The monoisotopic (exact) mass is 435 g/mol. The molecule has 1 N–H and O–H groups in total. The highest BCUT2D eigenvalue weighted by molar-refractivity contribution is 6.25. The Morgan fingerprint density at radius 2 is 1.19 bits per heavy atom. The van der Waals surface area contributed by atoms with Gasteiger partial charge in [-0.15, -0.1) is 0 Å². The van der Waals surface area contributed by atoms with E-state index in [1.807, 2.05) is 18.2 Å². The molecule has 2 amide bonds. The second kappa shape index (κ2) is 12.8. The lowest BCUT2D eigenvalue weighted by Crippen LogP contribution is -2.34. The molecular formula is C29H41NO2. The number of benzene rings is 2. The zero-order chi connectivity index (χ0) is 22.8. The van der Waals surface area contributed by atoms with Crippen LogP contribution in [0, 0.1) is 0 Å². The molecule has 0 atom stereocenters. The lowest BCUT2D eigenvalue weighted by atomic mass is 9.83. The number of rotatable bonds is 15. The first-order valence-electron chi connectivity index (χ1n) is 13.1. The van der Waals surface area contributed by atoms with Crippen molar-refractivity contribution in [1.29, 1.82) is 0 Å². The van der Waals surface area contributed by atoms with E-state index in [1.165, 1.54) is 95.5 Å². The molecule has 2 aromatic rings. The molecule has 3 rings (SSSR count). The molecule has 0 aliphatic carbocycles. The maximum Gasteiger partial charge on any atom is 0.258 e. The predicted molar refractivity (Wildman–Crippen MR) is 134 cm³/mol. The molecule has 0 saturated carbocycles. The van der Waals surface area contributed by atoms with Crippen molar-refractivity contribution in [3.8, 4) is 0 Å². The fraction of sp³-hybridized carbons (Fsp3) is 0.586. The molecule has 1 aliphatic rings. The first-order chi connectivity index (χ1) is 15.7. The summed E-state index contributed by atoms with van der Waals surface area (Å²) in [5.74, 6) is -0.0426. The number of hydrogen-bond acceptors (Lipinski definition) is 2. The summed E-state index contributed by atoms with van der Waals surface area (Å²) in [4.78, 5) is 24.9. The first kappa shape index (κ1) is 24.5. The number of carbonyl (C=O) groups is 2. The van der Waals surface area contributed by atoms with Crippen LogP contribution in [0.4, 0.5) is 0 Å². The van der Waals surface area contributed by atoms with Gasteiger partial charge in [-0.25, -0.2) is 0 Å². The fourth-order valence-electron chi connectivity index (χ4n) is 5.20. The number of carbonyl (C=O) groups excluding carboxylic acids is 2. The maximum atomic E-state index is 12.4. The minimum atomic E-state index is -0.270. The molecule has 0 fully saturated rings. The lowest BCUT2D eigenvalue weighted by molar-refractivity contribution is 0.0845. The third kappa shape index (κ3) is 6.21. The SMILES string of the molecule is CCCCCCCCC(CCCCCCCC)c1ccc2c3c(cccc13)C(=O)NC2=O. The Labute approximate surface area is 194 Å². The number of imide groups is 1. The summed E-state index contributed by atoms with van der Waals surface area (Å²) < 4.78 is 0. The second-order valence-corrected chi connectivity index (χ2v) is 9.52. The molecule has 174 valence electrons. The number of nitrogens with one attached hydrogen (secondary N) is 1. The summed E-state index contributed by atoms with van der Waals surface area (Å²) in [7, 11) is 0. The van der Waals surface area contributed by atoms with Gasteiger partial charge in [0.25, 0.3) is 11.8 Å². The molecule has 1 aliphatic heterocycles. The summed E-state index contributed by atoms with van der Waals surface area (Å²) in [6.45, 7) is 4.53. The molecule has 2 aromatic carbocycles. The topological polar surface area (TPSA) is 46.2 Å². The molecule has 0 radical (unpaired) electrons. The van der Waals surface area contributed by atoms with Gasteiger partial charge in [-0.05, 0) is 41.8 Å². The van der Waals surface area contributed by atoms with E-state index in [4.69, 9.17) is 0 Å². The van der Waals surface area contributed by atoms with E-state index in [9.17, 15) is 9.59 Å². The van der Waals surface area contributed by atoms with Gasteiger partial charge >= 0.3 is 0 Å². The number of unbranched alkanes of at least 4 members (excludes halogenated alkanes) is 10. The van der Waals surface area contributed by atoms with Gasteiger partial charge in [0.2, 0.25) is 0 Å². The van der Waals surface area contributed by atoms with Gasteiger partial charge in [0.15, 0.2) is 0 Å². The second-order valence-electron chi connectivity index (χ2n) is 9.52. The molecule has 0 bridgehead atoms. The van der Waals surface area contributed by atoms with E-state index >= 15 is 0 Å². The summed E-state index contributed by atoms with van der Waals surface area (Å²) >= 11 is 0. The standard InChI is InChI=1S/C29H41NO2/c1-3-5-7-9-11-13-16-22(17-14-12-10-8-6-4-2)23-20-21-26-27-24(23)18-15-19-25(27)28(31)30-29(26)32/h15,18-22H,3-14,16-17H2,1-2H3,(H,30,31,32). The van der Waals surface area contributed by atoms with E-state index in [0.717, 1.165) is 10.8 Å². The van der Waals surface area contributed by atoms with E-state index in [0.29, 0.717) is 17.0 Å². The molecule has 0 spiro atoms. The van der Waals surface area contributed by atoms with Gasteiger partial charge in [0.05, 0.1) is 0 Å². The van der Waals surface area contributed by atoms with Gasteiger partial charge in [0, 0.05) is 16.5 Å². The summed E-state index contributed by atoms with van der Waals surface area (Å²) in [5.41, 5.74) is 2.60. The fourth-order valence-corrected chi connectivity index (χ4v) is 5.20. The van der Waals surface area contributed by atoms with E-state index < -0.39 is 0 Å². The first-order valence-corrected chi connectivity index (χ1v) is 13.1. The largest absolute Gasteiger partial charge is 0.288 e. The number of amides is 2. The summed E-state index contributed by atoms with van der Waals surface area (Å²) in [6, 6.07) is 10.0.